The number of anilines is 1. The Morgan fingerprint density at radius 2 is 2.00 bits per heavy atom. The van der Waals surface area contributed by atoms with Gasteiger partial charge in [-0.2, -0.15) is 9.57 Å². The Labute approximate surface area is 142 Å². The molecule has 6 nitrogen and oxygen atoms in total. The van der Waals surface area contributed by atoms with E-state index in [0.717, 1.165) is 11.3 Å². The summed E-state index contributed by atoms with van der Waals surface area (Å²) in [6.45, 7) is 2.81. The zero-order valence-electron chi connectivity index (χ0n) is 13.5. The first-order valence-electron chi connectivity index (χ1n) is 7.60. The van der Waals surface area contributed by atoms with Gasteiger partial charge >= 0.3 is 0 Å². The molecule has 7 heteroatoms. The van der Waals surface area contributed by atoms with E-state index in [9.17, 15) is 8.42 Å². The lowest BCUT2D eigenvalue weighted by molar-refractivity contribution is 0.340. The number of likely N-dealkylation sites (N-methyl/N-ethyl adjacent to an activating group) is 1. The predicted molar refractivity (Wildman–Crippen MR) is 90.9 cm³/mol. The fourth-order valence-electron chi connectivity index (χ4n) is 2.98. The van der Waals surface area contributed by atoms with Gasteiger partial charge in [-0.15, -0.1) is 0 Å². The highest BCUT2D eigenvalue weighted by Crippen LogP contribution is 2.29. The zero-order chi connectivity index (χ0) is 17.3. The Morgan fingerprint density at radius 1 is 1.25 bits per heavy atom. The predicted octanol–water partition coefficient (Wildman–Crippen LogP) is 1.98. The summed E-state index contributed by atoms with van der Waals surface area (Å²) in [6, 6.07) is 12.4. The Kier molecular flexibility index (Phi) is 4.26. The van der Waals surface area contributed by atoms with E-state index in [4.69, 9.17) is 5.26 Å². The van der Waals surface area contributed by atoms with Crippen LogP contribution in [0.2, 0.25) is 0 Å². The Morgan fingerprint density at radius 3 is 2.67 bits per heavy atom. The normalized spacial score (nSPS) is 18.5. The first-order valence-corrected chi connectivity index (χ1v) is 9.04. The molecule has 1 atom stereocenters. The van der Waals surface area contributed by atoms with Gasteiger partial charge < -0.3 is 4.90 Å². The van der Waals surface area contributed by atoms with Gasteiger partial charge in [-0.1, -0.05) is 18.2 Å². The van der Waals surface area contributed by atoms with Gasteiger partial charge in [0, 0.05) is 38.1 Å². The molecule has 0 saturated heterocycles. The molecule has 1 aromatic heterocycles. The van der Waals surface area contributed by atoms with Crippen LogP contribution in [0.1, 0.15) is 18.2 Å². The van der Waals surface area contributed by atoms with Crippen LogP contribution in [0, 0.1) is 11.3 Å². The van der Waals surface area contributed by atoms with E-state index in [0.29, 0.717) is 13.1 Å². The molecule has 0 amide bonds. The minimum absolute atomic E-state index is 0.107. The molecular formula is C17H18N4O2S. The molecule has 3 rings (SSSR count). The molecule has 1 aromatic carbocycles. The van der Waals surface area contributed by atoms with Gasteiger partial charge in [0.05, 0.1) is 0 Å². The lowest BCUT2D eigenvalue weighted by atomic mass is 10.1. The fraction of sp³-hybridized carbons (Fsp3) is 0.294. The maximum absolute atomic E-state index is 13.1. The molecule has 0 aliphatic carbocycles. The van der Waals surface area contributed by atoms with Crippen LogP contribution in [0.25, 0.3) is 0 Å². The van der Waals surface area contributed by atoms with Crippen molar-refractivity contribution >= 4 is 15.7 Å². The second-order valence-electron chi connectivity index (χ2n) is 5.90. The van der Waals surface area contributed by atoms with Gasteiger partial charge in [0.1, 0.15) is 16.7 Å². The minimum Gasteiger partial charge on any atom is -0.373 e. The van der Waals surface area contributed by atoms with E-state index in [2.05, 4.69) is 9.88 Å². The van der Waals surface area contributed by atoms with Crippen LogP contribution < -0.4 is 4.90 Å². The van der Waals surface area contributed by atoms with Crippen LogP contribution in [-0.4, -0.2) is 37.3 Å². The Balaban J connectivity index is 2.02. The van der Waals surface area contributed by atoms with Crippen molar-refractivity contribution in [2.75, 3.05) is 18.5 Å². The Hall–Kier alpha value is -2.43. The number of hydrogen-bond acceptors (Lipinski definition) is 5. The summed E-state index contributed by atoms with van der Waals surface area (Å²) in [6.07, 6.45) is 1.25. The SMILES string of the molecule is C[C@H]1CN(C)c2ccccc2CN1S(=O)(=O)c1ccc(C#N)nc1. The van der Waals surface area contributed by atoms with Crippen molar-refractivity contribution in [1.82, 2.24) is 9.29 Å². The zero-order valence-corrected chi connectivity index (χ0v) is 14.4. The molecular weight excluding hydrogens is 324 g/mol. The van der Waals surface area contributed by atoms with E-state index >= 15 is 0 Å². The van der Waals surface area contributed by atoms with Gasteiger partial charge in [-0.3, -0.25) is 0 Å². The highest BCUT2D eigenvalue weighted by molar-refractivity contribution is 7.89. The largest absolute Gasteiger partial charge is 0.373 e. The number of para-hydroxylation sites is 1. The molecule has 0 unspecified atom stereocenters. The highest BCUT2D eigenvalue weighted by Gasteiger charge is 2.33. The first kappa shape index (κ1) is 16.4. The number of pyridine rings is 1. The summed E-state index contributed by atoms with van der Waals surface area (Å²) in [5.41, 5.74) is 2.21. The molecule has 0 bridgehead atoms. The molecule has 1 aliphatic rings. The summed E-state index contributed by atoms with van der Waals surface area (Å²) < 4.78 is 27.6. The molecule has 0 spiro atoms. The van der Waals surface area contributed by atoms with Crippen molar-refractivity contribution in [3.8, 4) is 6.07 Å². The molecule has 0 N–H and O–H groups in total. The second-order valence-corrected chi connectivity index (χ2v) is 7.79. The molecule has 0 saturated carbocycles. The molecule has 0 radical (unpaired) electrons. The number of benzene rings is 1. The second kappa shape index (κ2) is 6.23. The Bertz CT molecular complexity index is 888. The third kappa shape index (κ3) is 2.86. The summed E-state index contributed by atoms with van der Waals surface area (Å²) in [5.74, 6) is 0. The number of nitrogens with zero attached hydrogens (tertiary/aromatic N) is 4. The van der Waals surface area contributed by atoms with E-state index in [1.54, 1.807) is 0 Å². The summed E-state index contributed by atoms with van der Waals surface area (Å²) in [7, 11) is -1.72. The third-order valence-electron chi connectivity index (χ3n) is 4.22. The van der Waals surface area contributed by atoms with Crippen molar-refractivity contribution < 1.29 is 8.42 Å². The van der Waals surface area contributed by atoms with Crippen molar-refractivity contribution in [2.45, 2.75) is 24.4 Å². The van der Waals surface area contributed by atoms with Crippen LogP contribution in [0.5, 0.6) is 0 Å². The van der Waals surface area contributed by atoms with Gasteiger partial charge in [0.2, 0.25) is 10.0 Å². The van der Waals surface area contributed by atoms with E-state index in [-0.39, 0.29) is 16.6 Å². The summed E-state index contributed by atoms with van der Waals surface area (Å²) in [5, 5.41) is 8.82. The fourth-order valence-corrected chi connectivity index (χ4v) is 4.53. The van der Waals surface area contributed by atoms with E-state index in [1.165, 1.54) is 22.6 Å². The standard InChI is InChI=1S/C17H18N4O2S/c1-13-11-20(2)17-6-4-3-5-14(17)12-21(13)24(22,23)16-8-7-15(9-18)19-10-16/h3-8,10,13H,11-12H2,1-2H3/t13-/m0/s1. The average molecular weight is 342 g/mol. The van der Waals surface area contributed by atoms with E-state index in [1.807, 2.05) is 44.3 Å². The van der Waals surface area contributed by atoms with Crippen molar-refractivity contribution in [1.29, 1.82) is 5.26 Å². The van der Waals surface area contributed by atoms with E-state index < -0.39 is 10.0 Å². The van der Waals surface area contributed by atoms with Gasteiger partial charge in [-0.05, 0) is 30.7 Å². The molecule has 2 aromatic rings. The van der Waals surface area contributed by atoms with Crippen molar-refractivity contribution in [3.63, 3.8) is 0 Å². The van der Waals surface area contributed by atoms with Crippen LogP contribution in [0.3, 0.4) is 0 Å². The van der Waals surface area contributed by atoms with Gasteiger partial charge in [0.25, 0.3) is 0 Å². The number of aromatic nitrogens is 1. The van der Waals surface area contributed by atoms with Crippen LogP contribution in [-0.2, 0) is 16.6 Å². The van der Waals surface area contributed by atoms with Gasteiger partial charge in [0.15, 0.2) is 0 Å². The third-order valence-corrected chi connectivity index (χ3v) is 6.16. The summed E-state index contributed by atoms with van der Waals surface area (Å²) in [4.78, 5) is 6.07. The van der Waals surface area contributed by atoms with Crippen LogP contribution in [0.4, 0.5) is 5.69 Å². The number of rotatable bonds is 2. The monoisotopic (exact) mass is 342 g/mol. The van der Waals surface area contributed by atoms with Crippen molar-refractivity contribution in [3.05, 3.63) is 53.9 Å². The molecule has 124 valence electrons. The topological polar surface area (TPSA) is 77.3 Å². The average Bonchev–Trinajstić information content (AvgIpc) is 2.72. The highest BCUT2D eigenvalue weighted by atomic mass is 32.2. The lowest BCUT2D eigenvalue weighted by Crippen LogP contribution is -2.41. The molecule has 24 heavy (non-hydrogen) atoms. The quantitative estimate of drug-likeness (QED) is 0.834. The summed E-state index contributed by atoms with van der Waals surface area (Å²) >= 11 is 0. The van der Waals surface area contributed by atoms with Crippen LogP contribution in [0.15, 0.2) is 47.5 Å². The maximum Gasteiger partial charge on any atom is 0.245 e. The number of nitriles is 1. The molecule has 1 aliphatic heterocycles. The lowest BCUT2D eigenvalue weighted by Gasteiger charge is -2.27. The number of hydrogen-bond donors (Lipinski definition) is 0. The smallest absolute Gasteiger partial charge is 0.245 e. The van der Waals surface area contributed by atoms with Gasteiger partial charge in [-0.25, -0.2) is 13.4 Å². The van der Waals surface area contributed by atoms with Crippen molar-refractivity contribution in [2.24, 2.45) is 0 Å². The molecule has 0 fully saturated rings. The number of fused-ring (bicyclic) bond motifs is 1. The maximum atomic E-state index is 13.1. The minimum atomic E-state index is -3.69. The number of sulfonamides is 1. The first-order chi connectivity index (χ1) is 11.4. The van der Waals surface area contributed by atoms with Crippen LogP contribution >= 0.6 is 0 Å². The molecule has 2 heterocycles.